The van der Waals surface area contributed by atoms with Crippen molar-refractivity contribution in [3.05, 3.63) is 59.2 Å². The summed E-state index contributed by atoms with van der Waals surface area (Å²) in [4.78, 5) is 26.4. The molecule has 35 heavy (non-hydrogen) atoms. The Kier molecular flexibility index (Phi) is 9.38. The van der Waals surface area contributed by atoms with Gasteiger partial charge in [-0.1, -0.05) is 29.8 Å². The molecule has 0 aromatic heterocycles. The van der Waals surface area contributed by atoms with Crippen molar-refractivity contribution in [3.63, 3.8) is 0 Å². The van der Waals surface area contributed by atoms with Crippen LogP contribution in [0.25, 0.3) is 0 Å². The van der Waals surface area contributed by atoms with E-state index in [9.17, 15) is 18.0 Å². The van der Waals surface area contributed by atoms with E-state index in [0.29, 0.717) is 19.3 Å². The second kappa shape index (κ2) is 12.1. The van der Waals surface area contributed by atoms with Crippen LogP contribution in [0.5, 0.6) is 0 Å². The first-order valence-electron chi connectivity index (χ1n) is 11.9. The summed E-state index contributed by atoms with van der Waals surface area (Å²) in [6, 6.07) is 12.0. The number of anilines is 1. The van der Waals surface area contributed by atoms with E-state index in [4.69, 9.17) is 0 Å². The van der Waals surface area contributed by atoms with Gasteiger partial charge in [0.2, 0.25) is 21.8 Å². The maximum atomic E-state index is 13.0. The molecule has 0 bridgehead atoms. The third-order valence-electron chi connectivity index (χ3n) is 6.38. The monoisotopic (exact) mass is 517 g/mol. The molecule has 1 heterocycles. The van der Waals surface area contributed by atoms with Crippen LogP contribution >= 0.6 is 11.8 Å². The SMILES string of the molecule is CSCC[C@@H](NC(=O)C1CCN(S(=O)(=O)c2ccc(C)cc2)CC1)C(=O)Nc1cc(C)ccc1C. The fourth-order valence-electron chi connectivity index (χ4n) is 4.10. The number of benzene rings is 2. The van der Waals surface area contributed by atoms with Gasteiger partial charge in [0.05, 0.1) is 4.90 Å². The van der Waals surface area contributed by atoms with Crippen molar-refractivity contribution in [2.75, 3.05) is 30.4 Å². The molecule has 1 aliphatic heterocycles. The van der Waals surface area contributed by atoms with Gasteiger partial charge in [-0.25, -0.2) is 8.42 Å². The van der Waals surface area contributed by atoms with E-state index >= 15 is 0 Å². The first kappa shape index (κ1) is 27.2. The van der Waals surface area contributed by atoms with Crippen LogP contribution in [0.2, 0.25) is 0 Å². The number of hydrogen-bond acceptors (Lipinski definition) is 5. The van der Waals surface area contributed by atoms with E-state index in [0.717, 1.165) is 28.1 Å². The summed E-state index contributed by atoms with van der Waals surface area (Å²) < 4.78 is 27.4. The second-order valence-corrected chi connectivity index (χ2v) is 12.1. The van der Waals surface area contributed by atoms with Crippen LogP contribution in [0.3, 0.4) is 0 Å². The maximum absolute atomic E-state index is 13.0. The van der Waals surface area contributed by atoms with E-state index in [1.165, 1.54) is 4.31 Å². The lowest BCUT2D eigenvalue weighted by Gasteiger charge is -2.31. The van der Waals surface area contributed by atoms with Crippen LogP contribution in [0.15, 0.2) is 47.4 Å². The minimum absolute atomic E-state index is 0.195. The van der Waals surface area contributed by atoms with Gasteiger partial charge in [0.1, 0.15) is 6.04 Å². The fraction of sp³-hybridized carbons (Fsp3) is 0.462. The van der Waals surface area contributed by atoms with E-state index in [-0.39, 0.29) is 35.7 Å². The van der Waals surface area contributed by atoms with Crippen molar-refractivity contribution in [2.45, 2.75) is 51.0 Å². The first-order chi connectivity index (χ1) is 16.6. The highest BCUT2D eigenvalue weighted by atomic mass is 32.2. The van der Waals surface area contributed by atoms with E-state index in [1.807, 2.05) is 45.2 Å². The number of hydrogen-bond donors (Lipinski definition) is 2. The third kappa shape index (κ3) is 7.08. The molecule has 9 heteroatoms. The largest absolute Gasteiger partial charge is 0.344 e. The van der Waals surface area contributed by atoms with E-state index < -0.39 is 16.1 Å². The molecule has 0 aliphatic carbocycles. The molecule has 1 aliphatic rings. The molecule has 7 nitrogen and oxygen atoms in total. The predicted octanol–water partition coefficient (Wildman–Crippen LogP) is 3.89. The van der Waals surface area contributed by atoms with Gasteiger partial charge in [-0.15, -0.1) is 0 Å². The molecule has 2 aromatic carbocycles. The molecule has 2 N–H and O–H groups in total. The predicted molar refractivity (Wildman–Crippen MR) is 142 cm³/mol. The molecular formula is C26H35N3O4S2. The van der Waals surface area contributed by atoms with Gasteiger partial charge in [-0.05, 0) is 81.4 Å². The number of carbonyl (C=O) groups is 2. The Labute approximate surface area is 213 Å². The number of sulfonamides is 1. The van der Waals surface area contributed by atoms with E-state index in [2.05, 4.69) is 10.6 Å². The number of rotatable bonds is 9. The molecule has 0 radical (unpaired) electrons. The van der Waals surface area contributed by atoms with Gasteiger partial charge < -0.3 is 10.6 Å². The molecule has 2 aromatic rings. The average Bonchev–Trinajstić information content (AvgIpc) is 2.84. The van der Waals surface area contributed by atoms with Gasteiger partial charge in [0.25, 0.3) is 0 Å². The van der Waals surface area contributed by atoms with Crippen LogP contribution in [0, 0.1) is 26.7 Å². The first-order valence-corrected chi connectivity index (χ1v) is 14.7. The Bertz CT molecular complexity index is 1140. The summed E-state index contributed by atoms with van der Waals surface area (Å²) in [6.45, 7) is 6.36. The molecule has 0 spiro atoms. The van der Waals surface area contributed by atoms with Crippen LogP contribution in [-0.2, 0) is 19.6 Å². The molecule has 0 unspecified atom stereocenters. The summed E-state index contributed by atoms with van der Waals surface area (Å²) in [5.41, 5.74) is 3.74. The molecule has 3 rings (SSSR count). The number of amides is 2. The maximum Gasteiger partial charge on any atom is 0.246 e. The Morgan fingerprint density at radius 2 is 1.66 bits per heavy atom. The third-order valence-corrected chi connectivity index (χ3v) is 8.93. The Balaban J connectivity index is 1.61. The zero-order valence-corrected chi connectivity index (χ0v) is 22.5. The summed E-state index contributed by atoms with van der Waals surface area (Å²) in [6.07, 6.45) is 3.32. The Hall–Kier alpha value is -2.36. The molecule has 2 amide bonds. The lowest BCUT2D eigenvalue weighted by atomic mass is 9.96. The summed E-state index contributed by atoms with van der Waals surface area (Å²) in [5, 5.41) is 5.90. The number of nitrogens with one attached hydrogen (secondary N) is 2. The molecule has 1 atom stereocenters. The van der Waals surface area contributed by atoms with Crippen molar-refractivity contribution in [1.82, 2.24) is 9.62 Å². The average molecular weight is 518 g/mol. The summed E-state index contributed by atoms with van der Waals surface area (Å²) in [7, 11) is -3.58. The highest BCUT2D eigenvalue weighted by molar-refractivity contribution is 7.98. The van der Waals surface area contributed by atoms with Crippen molar-refractivity contribution >= 4 is 39.3 Å². The highest BCUT2D eigenvalue weighted by Crippen LogP contribution is 2.25. The number of piperidine rings is 1. The van der Waals surface area contributed by atoms with Crippen LogP contribution in [0.1, 0.15) is 36.0 Å². The molecular weight excluding hydrogens is 482 g/mol. The van der Waals surface area contributed by atoms with Gasteiger partial charge in [0.15, 0.2) is 0 Å². The lowest BCUT2D eigenvalue weighted by molar-refractivity contribution is -0.130. The van der Waals surface area contributed by atoms with Gasteiger partial charge in [0, 0.05) is 24.7 Å². The molecule has 190 valence electrons. The zero-order chi connectivity index (χ0) is 25.6. The number of carbonyl (C=O) groups excluding carboxylic acids is 2. The normalized spacial score (nSPS) is 16.0. The van der Waals surface area contributed by atoms with Crippen LogP contribution in [0.4, 0.5) is 5.69 Å². The van der Waals surface area contributed by atoms with Crippen LogP contribution < -0.4 is 10.6 Å². The topological polar surface area (TPSA) is 95.6 Å². The minimum atomic E-state index is -3.58. The van der Waals surface area contributed by atoms with Crippen molar-refractivity contribution < 1.29 is 18.0 Å². The standard InChI is InChI=1S/C26H35N3O4S2/c1-18-6-9-22(10-7-18)35(32,33)29-14-11-21(12-15-29)25(30)27-23(13-16-34-4)26(31)28-24-17-19(2)5-8-20(24)3/h5-10,17,21,23H,11-16H2,1-4H3,(H,27,30)(H,28,31)/t23-/m1/s1. The van der Waals surface area contributed by atoms with Gasteiger partial charge >= 0.3 is 0 Å². The summed E-state index contributed by atoms with van der Waals surface area (Å²) >= 11 is 1.62. The van der Waals surface area contributed by atoms with Crippen molar-refractivity contribution in [2.24, 2.45) is 5.92 Å². The minimum Gasteiger partial charge on any atom is -0.344 e. The number of nitrogens with zero attached hydrogens (tertiary/aromatic N) is 1. The quantitative estimate of drug-likeness (QED) is 0.526. The van der Waals surface area contributed by atoms with E-state index in [1.54, 1.807) is 36.0 Å². The Morgan fingerprint density at radius 1 is 1.03 bits per heavy atom. The number of thioether (sulfide) groups is 1. The molecule has 1 fully saturated rings. The van der Waals surface area contributed by atoms with Crippen molar-refractivity contribution in [1.29, 1.82) is 0 Å². The zero-order valence-electron chi connectivity index (χ0n) is 20.8. The smallest absolute Gasteiger partial charge is 0.246 e. The van der Waals surface area contributed by atoms with Crippen molar-refractivity contribution in [3.8, 4) is 0 Å². The number of aryl methyl sites for hydroxylation is 3. The van der Waals surface area contributed by atoms with Gasteiger partial charge in [-0.3, -0.25) is 9.59 Å². The lowest BCUT2D eigenvalue weighted by Crippen LogP contribution is -2.49. The van der Waals surface area contributed by atoms with Crippen LogP contribution in [-0.4, -0.2) is 55.7 Å². The Morgan fingerprint density at radius 3 is 2.29 bits per heavy atom. The molecule has 1 saturated heterocycles. The second-order valence-electron chi connectivity index (χ2n) is 9.14. The highest BCUT2D eigenvalue weighted by Gasteiger charge is 2.33. The fourth-order valence-corrected chi connectivity index (χ4v) is 6.04. The molecule has 0 saturated carbocycles. The summed E-state index contributed by atoms with van der Waals surface area (Å²) in [5.74, 6) is -0.0249. The van der Waals surface area contributed by atoms with Gasteiger partial charge in [-0.2, -0.15) is 16.1 Å².